The van der Waals surface area contributed by atoms with Crippen molar-refractivity contribution in [2.75, 3.05) is 11.9 Å². The molecule has 106 valence electrons. The van der Waals surface area contributed by atoms with Crippen LogP contribution in [0.2, 0.25) is 0 Å². The van der Waals surface area contributed by atoms with E-state index >= 15 is 0 Å². The Hall–Kier alpha value is -1.25. The van der Waals surface area contributed by atoms with Crippen LogP contribution in [0.1, 0.15) is 52.4 Å². The highest BCUT2D eigenvalue weighted by atomic mass is 16.5. The molecule has 3 nitrogen and oxygen atoms in total. The van der Waals surface area contributed by atoms with Crippen LogP contribution in [-0.4, -0.2) is 17.6 Å². The zero-order chi connectivity index (χ0) is 13.5. The first kappa shape index (κ1) is 14.2. The third-order valence-corrected chi connectivity index (χ3v) is 4.05. The van der Waals surface area contributed by atoms with Gasteiger partial charge in [0.1, 0.15) is 0 Å². The van der Waals surface area contributed by atoms with Crippen LogP contribution < -0.4 is 10.1 Å². The Bertz CT molecular complexity index is 375. The van der Waals surface area contributed by atoms with Crippen molar-refractivity contribution in [3.05, 3.63) is 18.3 Å². The van der Waals surface area contributed by atoms with Crippen molar-refractivity contribution in [2.24, 2.45) is 5.92 Å². The van der Waals surface area contributed by atoms with Gasteiger partial charge in [-0.3, -0.25) is 0 Å². The first-order valence-electron chi connectivity index (χ1n) is 7.69. The first-order valence-corrected chi connectivity index (χ1v) is 7.69. The maximum atomic E-state index is 5.64. The third kappa shape index (κ3) is 3.85. The Morgan fingerprint density at radius 3 is 2.79 bits per heavy atom. The van der Waals surface area contributed by atoms with Crippen molar-refractivity contribution in [3.8, 4) is 5.75 Å². The highest BCUT2D eigenvalue weighted by molar-refractivity contribution is 5.50. The molecule has 1 N–H and O–H groups in total. The van der Waals surface area contributed by atoms with E-state index in [9.17, 15) is 0 Å². The van der Waals surface area contributed by atoms with Gasteiger partial charge in [0.25, 0.3) is 0 Å². The van der Waals surface area contributed by atoms with Gasteiger partial charge >= 0.3 is 0 Å². The summed E-state index contributed by atoms with van der Waals surface area (Å²) in [5.74, 6) is 2.57. The Kier molecular flexibility index (Phi) is 5.49. The van der Waals surface area contributed by atoms with E-state index in [1.807, 2.05) is 25.3 Å². The summed E-state index contributed by atoms with van der Waals surface area (Å²) in [7, 11) is 0. The minimum atomic E-state index is 0.523. The Balaban J connectivity index is 2.04. The Morgan fingerprint density at radius 2 is 2.11 bits per heavy atom. The average molecular weight is 262 g/mol. The van der Waals surface area contributed by atoms with Crippen molar-refractivity contribution in [3.63, 3.8) is 0 Å². The largest absolute Gasteiger partial charge is 0.490 e. The first-order chi connectivity index (χ1) is 9.35. The fourth-order valence-electron chi connectivity index (χ4n) is 3.04. The number of anilines is 1. The Labute approximate surface area is 116 Å². The van der Waals surface area contributed by atoms with E-state index in [1.54, 1.807) is 0 Å². The van der Waals surface area contributed by atoms with Gasteiger partial charge in [-0.25, -0.2) is 4.98 Å². The van der Waals surface area contributed by atoms with E-state index in [1.165, 1.54) is 32.1 Å². The predicted octanol–water partition coefficient (Wildman–Crippen LogP) is 4.25. The van der Waals surface area contributed by atoms with Crippen molar-refractivity contribution >= 4 is 5.82 Å². The second-order valence-electron chi connectivity index (χ2n) is 5.34. The average Bonchev–Trinajstić information content (AvgIpc) is 2.47. The summed E-state index contributed by atoms with van der Waals surface area (Å²) in [5.41, 5.74) is 0. The molecular weight excluding hydrogens is 236 g/mol. The molecule has 0 amide bonds. The molecule has 1 atom stereocenters. The molecule has 1 aromatic heterocycles. The van der Waals surface area contributed by atoms with Gasteiger partial charge in [0, 0.05) is 12.2 Å². The van der Waals surface area contributed by atoms with Crippen molar-refractivity contribution < 1.29 is 4.74 Å². The normalized spacial score (nSPS) is 18.0. The molecule has 0 bridgehead atoms. The van der Waals surface area contributed by atoms with Crippen molar-refractivity contribution in [2.45, 2.75) is 58.4 Å². The minimum Gasteiger partial charge on any atom is -0.490 e. The molecule has 0 aliphatic heterocycles. The molecule has 1 saturated carbocycles. The van der Waals surface area contributed by atoms with Crippen LogP contribution >= 0.6 is 0 Å². The van der Waals surface area contributed by atoms with E-state index in [2.05, 4.69) is 17.2 Å². The smallest absolute Gasteiger partial charge is 0.168 e. The number of hydrogen-bond donors (Lipinski definition) is 1. The summed E-state index contributed by atoms with van der Waals surface area (Å²) in [5, 5.41) is 3.62. The monoisotopic (exact) mass is 262 g/mol. The van der Waals surface area contributed by atoms with Crippen LogP contribution in [0.15, 0.2) is 18.3 Å². The number of pyridine rings is 1. The predicted molar refractivity (Wildman–Crippen MR) is 79.7 cm³/mol. The lowest BCUT2D eigenvalue weighted by atomic mass is 9.83. The molecule has 19 heavy (non-hydrogen) atoms. The van der Waals surface area contributed by atoms with E-state index in [0.717, 1.165) is 23.9 Å². The van der Waals surface area contributed by atoms with Gasteiger partial charge < -0.3 is 10.1 Å². The number of ether oxygens (including phenoxy) is 1. The molecule has 0 saturated heterocycles. The zero-order valence-electron chi connectivity index (χ0n) is 12.2. The third-order valence-electron chi connectivity index (χ3n) is 4.05. The molecule has 1 heterocycles. The fraction of sp³-hybridized carbons (Fsp3) is 0.688. The van der Waals surface area contributed by atoms with Gasteiger partial charge in [0.15, 0.2) is 11.6 Å². The minimum absolute atomic E-state index is 0.523. The summed E-state index contributed by atoms with van der Waals surface area (Å²) < 4.78 is 5.64. The maximum absolute atomic E-state index is 5.64. The molecule has 1 aliphatic carbocycles. The summed E-state index contributed by atoms with van der Waals surface area (Å²) in [6.45, 7) is 4.95. The summed E-state index contributed by atoms with van der Waals surface area (Å²) in [6, 6.07) is 4.44. The van der Waals surface area contributed by atoms with Crippen LogP contribution in [0.3, 0.4) is 0 Å². The molecule has 0 spiro atoms. The van der Waals surface area contributed by atoms with E-state index in [4.69, 9.17) is 4.74 Å². The molecule has 0 aromatic carbocycles. The SMILES string of the molecule is CCOc1cccnc1NC(CC)C1CCCCC1. The van der Waals surface area contributed by atoms with Crippen LogP contribution in [-0.2, 0) is 0 Å². The van der Waals surface area contributed by atoms with E-state index in [-0.39, 0.29) is 0 Å². The van der Waals surface area contributed by atoms with E-state index in [0.29, 0.717) is 12.6 Å². The Morgan fingerprint density at radius 1 is 1.32 bits per heavy atom. The topological polar surface area (TPSA) is 34.1 Å². The molecule has 1 unspecified atom stereocenters. The second kappa shape index (κ2) is 7.37. The second-order valence-corrected chi connectivity index (χ2v) is 5.34. The van der Waals surface area contributed by atoms with Crippen LogP contribution in [0.25, 0.3) is 0 Å². The maximum Gasteiger partial charge on any atom is 0.168 e. The molecule has 2 rings (SSSR count). The quantitative estimate of drug-likeness (QED) is 0.832. The molecule has 1 fully saturated rings. The number of nitrogens with zero attached hydrogens (tertiary/aromatic N) is 1. The lowest BCUT2D eigenvalue weighted by Crippen LogP contribution is -2.30. The number of hydrogen-bond acceptors (Lipinski definition) is 3. The molecule has 3 heteroatoms. The van der Waals surface area contributed by atoms with Gasteiger partial charge in [-0.15, -0.1) is 0 Å². The summed E-state index contributed by atoms with van der Waals surface area (Å²) >= 11 is 0. The van der Waals surface area contributed by atoms with Gasteiger partial charge in [-0.2, -0.15) is 0 Å². The highest BCUT2D eigenvalue weighted by Crippen LogP contribution is 2.31. The van der Waals surface area contributed by atoms with Gasteiger partial charge in [-0.05, 0) is 44.2 Å². The van der Waals surface area contributed by atoms with Crippen LogP contribution in [0, 0.1) is 5.92 Å². The highest BCUT2D eigenvalue weighted by Gasteiger charge is 2.23. The molecule has 0 radical (unpaired) electrons. The van der Waals surface area contributed by atoms with E-state index < -0.39 is 0 Å². The van der Waals surface area contributed by atoms with Crippen molar-refractivity contribution in [1.82, 2.24) is 4.98 Å². The van der Waals surface area contributed by atoms with Crippen LogP contribution in [0.4, 0.5) is 5.82 Å². The standard InChI is InChI=1S/C16H26N2O/c1-3-14(13-9-6-5-7-10-13)18-16-15(19-4-2)11-8-12-17-16/h8,11-14H,3-7,9-10H2,1-2H3,(H,17,18). The molecule has 1 aliphatic rings. The number of aromatic nitrogens is 1. The lowest BCUT2D eigenvalue weighted by molar-refractivity contribution is 0.309. The van der Waals surface area contributed by atoms with Gasteiger partial charge in [0.2, 0.25) is 0 Å². The molecular formula is C16H26N2O. The summed E-state index contributed by atoms with van der Waals surface area (Å²) in [6.07, 6.45) is 9.84. The fourth-order valence-corrected chi connectivity index (χ4v) is 3.04. The zero-order valence-corrected chi connectivity index (χ0v) is 12.2. The number of nitrogens with one attached hydrogen (secondary N) is 1. The molecule has 1 aromatic rings. The van der Waals surface area contributed by atoms with Crippen LogP contribution in [0.5, 0.6) is 5.75 Å². The van der Waals surface area contributed by atoms with Gasteiger partial charge in [0.05, 0.1) is 6.61 Å². The lowest BCUT2D eigenvalue weighted by Gasteiger charge is -2.31. The number of rotatable bonds is 6. The summed E-state index contributed by atoms with van der Waals surface area (Å²) in [4.78, 5) is 4.44. The van der Waals surface area contributed by atoms with Crippen molar-refractivity contribution in [1.29, 1.82) is 0 Å². The van der Waals surface area contributed by atoms with Gasteiger partial charge in [-0.1, -0.05) is 26.2 Å².